The third-order valence-electron chi connectivity index (χ3n) is 4.13. The highest BCUT2D eigenvalue weighted by Gasteiger charge is 2.26. The lowest BCUT2D eigenvalue weighted by Crippen LogP contribution is -2.42. The number of amides is 2. The Kier molecular flexibility index (Phi) is 5.93. The maximum absolute atomic E-state index is 13.4. The molecule has 1 atom stereocenters. The molecule has 0 spiro atoms. The van der Waals surface area contributed by atoms with Gasteiger partial charge in [0.05, 0.1) is 18.2 Å². The Balaban J connectivity index is 1.72. The van der Waals surface area contributed by atoms with Crippen LogP contribution < -0.4 is 10.5 Å². The summed E-state index contributed by atoms with van der Waals surface area (Å²) in [5.74, 6) is -0.909. The van der Waals surface area contributed by atoms with Gasteiger partial charge in [-0.05, 0) is 35.9 Å². The number of hydrogen-bond acceptors (Lipinski definition) is 4. The Bertz CT molecular complexity index is 861. The molecule has 142 valence electrons. The van der Waals surface area contributed by atoms with Crippen molar-refractivity contribution < 1.29 is 23.5 Å². The second-order valence-corrected chi connectivity index (χ2v) is 6.47. The topological polar surface area (TPSA) is 81.9 Å². The van der Waals surface area contributed by atoms with Crippen LogP contribution in [-0.4, -0.2) is 43.0 Å². The molecular formula is C19H18ClFN2O4. The van der Waals surface area contributed by atoms with Crippen LogP contribution in [0, 0.1) is 5.82 Å². The number of primary amides is 1. The molecule has 2 aromatic carbocycles. The molecule has 0 saturated carbocycles. The summed E-state index contributed by atoms with van der Waals surface area (Å²) in [6.07, 6.45) is -0.393. The summed E-state index contributed by atoms with van der Waals surface area (Å²) in [5, 5.41) is 0.0128. The molecule has 6 nitrogen and oxygen atoms in total. The average molecular weight is 393 g/mol. The van der Waals surface area contributed by atoms with Gasteiger partial charge >= 0.3 is 0 Å². The van der Waals surface area contributed by atoms with E-state index in [0.717, 1.165) is 0 Å². The molecule has 1 saturated heterocycles. The zero-order valence-corrected chi connectivity index (χ0v) is 15.1. The normalized spacial score (nSPS) is 16.8. The van der Waals surface area contributed by atoms with Crippen molar-refractivity contribution in [3.8, 4) is 5.75 Å². The summed E-state index contributed by atoms with van der Waals surface area (Å²) in [6.45, 7) is 0.829. The van der Waals surface area contributed by atoms with E-state index in [9.17, 15) is 14.0 Å². The standard InChI is InChI=1S/C19H18ClFN2O4/c20-15-9-12(4-5-16(15)21)17-10-23(6-7-26-17)19(25)13-2-1-3-14(8-13)27-11-18(22)24/h1-5,8-9,17H,6-7,10-11H2,(H2,22,24). The molecule has 0 aliphatic carbocycles. The maximum Gasteiger partial charge on any atom is 0.255 e. The van der Waals surface area contributed by atoms with E-state index in [1.165, 1.54) is 12.1 Å². The largest absolute Gasteiger partial charge is 0.484 e. The molecule has 2 amide bonds. The second kappa shape index (κ2) is 8.37. The van der Waals surface area contributed by atoms with Crippen molar-refractivity contribution in [2.75, 3.05) is 26.3 Å². The van der Waals surface area contributed by atoms with E-state index < -0.39 is 17.8 Å². The first-order valence-electron chi connectivity index (χ1n) is 8.31. The van der Waals surface area contributed by atoms with E-state index in [0.29, 0.717) is 36.6 Å². The molecule has 1 aliphatic heterocycles. The molecule has 27 heavy (non-hydrogen) atoms. The minimum absolute atomic E-state index is 0.0128. The summed E-state index contributed by atoms with van der Waals surface area (Å²) < 4.78 is 24.3. The Morgan fingerprint density at radius 3 is 2.85 bits per heavy atom. The number of carbonyl (C=O) groups is 2. The van der Waals surface area contributed by atoms with Gasteiger partial charge in [-0.3, -0.25) is 9.59 Å². The van der Waals surface area contributed by atoms with Crippen molar-refractivity contribution in [1.82, 2.24) is 4.90 Å². The Hall–Kier alpha value is -2.64. The Labute approximate surface area is 160 Å². The minimum atomic E-state index is -0.597. The summed E-state index contributed by atoms with van der Waals surface area (Å²) >= 11 is 5.84. The van der Waals surface area contributed by atoms with Crippen LogP contribution >= 0.6 is 11.6 Å². The fourth-order valence-corrected chi connectivity index (χ4v) is 2.99. The van der Waals surface area contributed by atoms with Crippen LogP contribution in [0.15, 0.2) is 42.5 Å². The molecule has 1 unspecified atom stereocenters. The molecule has 8 heteroatoms. The van der Waals surface area contributed by atoms with Crippen molar-refractivity contribution in [3.05, 3.63) is 64.4 Å². The van der Waals surface area contributed by atoms with Crippen molar-refractivity contribution >= 4 is 23.4 Å². The maximum atomic E-state index is 13.4. The van der Waals surface area contributed by atoms with Crippen molar-refractivity contribution in [2.24, 2.45) is 5.73 Å². The summed E-state index contributed by atoms with van der Waals surface area (Å²) in [4.78, 5) is 25.3. The Morgan fingerprint density at radius 1 is 1.30 bits per heavy atom. The molecule has 1 heterocycles. The van der Waals surface area contributed by atoms with E-state index in [4.69, 9.17) is 26.8 Å². The van der Waals surface area contributed by atoms with Crippen molar-refractivity contribution in [3.63, 3.8) is 0 Å². The minimum Gasteiger partial charge on any atom is -0.484 e. The van der Waals surface area contributed by atoms with Gasteiger partial charge in [0.1, 0.15) is 17.7 Å². The quantitative estimate of drug-likeness (QED) is 0.847. The van der Waals surface area contributed by atoms with Crippen molar-refractivity contribution in [1.29, 1.82) is 0 Å². The van der Waals surface area contributed by atoms with Crippen LogP contribution in [0.2, 0.25) is 5.02 Å². The van der Waals surface area contributed by atoms with E-state index in [2.05, 4.69) is 0 Å². The van der Waals surface area contributed by atoms with E-state index in [-0.39, 0.29) is 17.5 Å². The van der Waals surface area contributed by atoms with Gasteiger partial charge < -0.3 is 20.1 Å². The summed E-state index contributed by atoms with van der Waals surface area (Å²) in [7, 11) is 0. The Morgan fingerprint density at radius 2 is 2.11 bits per heavy atom. The highest BCUT2D eigenvalue weighted by Crippen LogP contribution is 2.27. The number of morpholine rings is 1. The number of rotatable bonds is 5. The van der Waals surface area contributed by atoms with Crippen LogP contribution in [0.25, 0.3) is 0 Å². The lowest BCUT2D eigenvalue weighted by molar-refractivity contribution is -0.119. The molecule has 0 radical (unpaired) electrons. The third-order valence-corrected chi connectivity index (χ3v) is 4.42. The SMILES string of the molecule is NC(=O)COc1cccc(C(=O)N2CCOC(c3ccc(F)c(Cl)c3)C2)c1. The van der Waals surface area contributed by atoms with Crippen LogP contribution in [-0.2, 0) is 9.53 Å². The zero-order chi connectivity index (χ0) is 19.4. The fraction of sp³-hybridized carbons (Fsp3) is 0.263. The second-order valence-electron chi connectivity index (χ2n) is 6.07. The predicted molar refractivity (Wildman–Crippen MR) is 97.1 cm³/mol. The number of nitrogens with zero attached hydrogens (tertiary/aromatic N) is 1. The predicted octanol–water partition coefficient (Wildman–Crippen LogP) is 2.56. The van der Waals surface area contributed by atoms with Crippen molar-refractivity contribution in [2.45, 2.75) is 6.10 Å². The van der Waals surface area contributed by atoms with Gasteiger partial charge in [-0.25, -0.2) is 4.39 Å². The highest BCUT2D eigenvalue weighted by atomic mass is 35.5. The van der Waals surface area contributed by atoms with E-state index in [1.807, 2.05) is 0 Å². The molecule has 0 bridgehead atoms. The van der Waals surface area contributed by atoms with Gasteiger partial charge in [0.15, 0.2) is 6.61 Å². The van der Waals surface area contributed by atoms with Crippen LogP contribution in [0.1, 0.15) is 22.0 Å². The third kappa shape index (κ3) is 4.75. The van der Waals surface area contributed by atoms with Gasteiger partial charge in [0.25, 0.3) is 11.8 Å². The lowest BCUT2D eigenvalue weighted by atomic mass is 10.1. The van der Waals surface area contributed by atoms with E-state index in [1.54, 1.807) is 35.2 Å². The average Bonchev–Trinajstić information content (AvgIpc) is 2.68. The summed E-state index contributed by atoms with van der Waals surface area (Å²) in [6, 6.07) is 10.9. The van der Waals surface area contributed by atoms with Gasteiger partial charge in [-0.2, -0.15) is 0 Å². The molecule has 3 rings (SSSR count). The molecule has 0 aromatic heterocycles. The first-order valence-corrected chi connectivity index (χ1v) is 8.69. The molecule has 1 fully saturated rings. The molecule has 2 N–H and O–H groups in total. The number of carbonyl (C=O) groups excluding carboxylic acids is 2. The number of hydrogen-bond donors (Lipinski definition) is 1. The first kappa shape index (κ1) is 19.1. The molecular weight excluding hydrogens is 375 g/mol. The van der Waals surface area contributed by atoms with Gasteiger partial charge in [0, 0.05) is 12.1 Å². The van der Waals surface area contributed by atoms with E-state index >= 15 is 0 Å². The molecule has 2 aromatic rings. The van der Waals surface area contributed by atoms with Gasteiger partial charge in [0.2, 0.25) is 0 Å². The molecule has 1 aliphatic rings. The highest BCUT2D eigenvalue weighted by molar-refractivity contribution is 6.30. The smallest absolute Gasteiger partial charge is 0.255 e. The number of halogens is 2. The fourth-order valence-electron chi connectivity index (χ4n) is 2.80. The summed E-state index contributed by atoms with van der Waals surface area (Å²) in [5.41, 5.74) is 6.19. The number of nitrogens with two attached hydrogens (primary N) is 1. The van der Waals surface area contributed by atoms with Crippen LogP contribution in [0.5, 0.6) is 5.75 Å². The van der Waals surface area contributed by atoms with Crippen LogP contribution in [0.4, 0.5) is 4.39 Å². The monoisotopic (exact) mass is 392 g/mol. The van der Waals surface area contributed by atoms with Gasteiger partial charge in [-0.1, -0.05) is 23.7 Å². The van der Waals surface area contributed by atoms with Gasteiger partial charge in [-0.15, -0.1) is 0 Å². The number of benzene rings is 2. The van der Waals surface area contributed by atoms with Crippen LogP contribution in [0.3, 0.4) is 0 Å². The first-order chi connectivity index (χ1) is 12.9. The number of ether oxygens (including phenoxy) is 2. The zero-order valence-electron chi connectivity index (χ0n) is 14.4. The lowest BCUT2D eigenvalue weighted by Gasteiger charge is -2.33.